The summed E-state index contributed by atoms with van der Waals surface area (Å²) in [4.78, 5) is 0. The van der Waals surface area contributed by atoms with Crippen LogP contribution in [-0.2, 0) is 5.75 Å². The predicted octanol–water partition coefficient (Wildman–Crippen LogP) is 5.51. The number of ether oxygens (including phenoxy) is 2. The average Bonchev–Trinajstić information content (AvgIpc) is 3.27. The fourth-order valence-corrected chi connectivity index (χ4v) is 4.26. The lowest BCUT2D eigenvalue weighted by Crippen LogP contribution is -2.01. The molecule has 0 saturated carbocycles. The zero-order valence-corrected chi connectivity index (χ0v) is 18.7. The molecular formula is C25H22N4O2S. The Bertz CT molecular complexity index is 1250. The van der Waals surface area contributed by atoms with Crippen molar-refractivity contribution in [3.63, 3.8) is 0 Å². The molecule has 0 fully saturated rings. The number of hydrogen-bond donors (Lipinski definition) is 0. The third kappa shape index (κ3) is 4.61. The van der Waals surface area contributed by atoms with E-state index in [1.54, 1.807) is 18.9 Å². The molecule has 0 bridgehead atoms. The fourth-order valence-electron chi connectivity index (χ4n) is 3.30. The zero-order valence-electron chi connectivity index (χ0n) is 17.9. The molecular weight excluding hydrogens is 420 g/mol. The molecule has 1 aromatic heterocycles. The largest absolute Gasteiger partial charge is 0.497 e. The third-order valence-corrected chi connectivity index (χ3v) is 5.84. The van der Waals surface area contributed by atoms with E-state index in [1.165, 1.54) is 0 Å². The molecule has 0 aliphatic carbocycles. The molecule has 0 N–H and O–H groups in total. The van der Waals surface area contributed by atoms with Gasteiger partial charge in [0, 0.05) is 17.0 Å². The molecule has 0 unspecified atom stereocenters. The first-order valence-electron chi connectivity index (χ1n) is 10.2. The van der Waals surface area contributed by atoms with Gasteiger partial charge in [-0.2, -0.15) is 5.26 Å². The smallest absolute Gasteiger partial charge is 0.196 e. The first-order valence-corrected chi connectivity index (χ1v) is 11.2. The Labute approximate surface area is 191 Å². The number of hydrogen-bond acceptors (Lipinski definition) is 6. The van der Waals surface area contributed by atoms with Crippen molar-refractivity contribution in [3.8, 4) is 34.6 Å². The minimum absolute atomic E-state index is 0.608. The summed E-state index contributed by atoms with van der Waals surface area (Å²) in [5.74, 6) is 2.88. The maximum atomic E-state index is 9.40. The van der Waals surface area contributed by atoms with Gasteiger partial charge in [-0.05, 0) is 55.0 Å². The fraction of sp³-hybridized carbons (Fsp3) is 0.160. The molecule has 3 aromatic carbocycles. The van der Waals surface area contributed by atoms with Gasteiger partial charge in [0.25, 0.3) is 0 Å². The van der Waals surface area contributed by atoms with Gasteiger partial charge in [-0.3, -0.25) is 4.57 Å². The second-order valence-electron chi connectivity index (χ2n) is 6.86. The van der Waals surface area contributed by atoms with Gasteiger partial charge in [0.05, 0.1) is 25.3 Å². The highest BCUT2D eigenvalue weighted by Gasteiger charge is 2.17. The van der Waals surface area contributed by atoms with Gasteiger partial charge in [-0.1, -0.05) is 42.1 Å². The average molecular weight is 443 g/mol. The van der Waals surface area contributed by atoms with Crippen molar-refractivity contribution in [1.82, 2.24) is 14.8 Å². The molecule has 160 valence electrons. The number of methoxy groups -OCH3 is 1. The van der Waals surface area contributed by atoms with E-state index < -0.39 is 0 Å². The number of thioether (sulfide) groups is 1. The summed E-state index contributed by atoms with van der Waals surface area (Å²) >= 11 is 1.54. The van der Waals surface area contributed by atoms with Crippen LogP contribution in [0.25, 0.3) is 17.1 Å². The van der Waals surface area contributed by atoms with E-state index in [-0.39, 0.29) is 0 Å². The Morgan fingerprint density at radius 2 is 1.78 bits per heavy atom. The lowest BCUT2D eigenvalue weighted by atomic mass is 10.1. The summed E-state index contributed by atoms with van der Waals surface area (Å²) in [5.41, 5.74) is 3.45. The monoisotopic (exact) mass is 442 g/mol. The van der Waals surface area contributed by atoms with Gasteiger partial charge in [0.1, 0.15) is 11.5 Å². The summed E-state index contributed by atoms with van der Waals surface area (Å²) < 4.78 is 13.0. The SMILES string of the molecule is CCOc1ccc(-n2c(SCc3ccccc3C#N)nnc2-c2cccc(OC)c2)cc1. The molecule has 32 heavy (non-hydrogen) atoms. The number of nitriles is 1. The minimum Gasteiger partial charge on any atom is -0.497 e. The topological polar surface area (TPSA) is 73.0 Å². The molecule has 0 atom stereocenters. The molecule has 0 aliphatic heterocycles. The maximum Gasteiger partial charge on any atom is 0.196 e. The van der Waals surface area contributed by atoms with Crippen molar-refractivity contribution < 1.29 is 9.47 Å². The van der Waals surface area contributed by atoms with Crippen LogP contribution in [0, 0.1) is 11.3 Å². The van der Waals surface area contributed by atoms with Gasteiger partial charge < -0.3 is 9.47 Å². The van der Waals surface area contributed by atoms with E-state index in [4.69, 9.17) is 9.47 Å². The number of aromatic nitrogens is 3. The minimum atomic E-state index is 0.608. The van der Waals surface area contributed by atoms with Gasteiger partial charge in [-0.25, -0.2) is 0 Å². The van der Waals surface area contributed by atoms with E-state index in [0.717, 1.165) is 33.5 Å². The first-order chi connectivity index (χ1) is 15.7. The molecule has 0 saturated heterocycles. The molecule has 0 aliphatic rings. The van der Waals surface area contributed by atoms with Gasteiger partial charge >= 0.3 is 0 Å². The third-order valence-electron chi connectivity index (χ3n) is 4.86. The van der Waals surface area contributed by atoms with E-state index in [9.17, 15) is 5.26 Å². The molecule has 0 spiro atoms. The van der Waals surface area contributed by atoms with E-state index >= 15 is 0 Å². The number of rotatable bonds is 8. The zero-order chi connectivity index (χ0) is 22.3. The Hall–Kier alpha value is -3.76. The van der Waals surface area contributed by atoms with Crippen LogP contribution in [0.2, 0.25) is 0 Å². The van der Waals surface area contributed by atoms with Crippen molar-refractivity contribution in [3.05, 3.63) is 83.9 Å². The summed E-state index contributed by atoms with van der Waals surface area (Å²) in [6.07, 6.45) is 0. The molecule has 4 aromatic rings. The summed E-state index contributed by atoms with van der Waals surface area (Å²) in [6, 6.07) is 25.5. The van der Waals surface area contributed by atoms with Crippen molar-refractivity contribution in [1.29, 1.82) is 5.26 Å². The number of nitrogens with zero attached hydrogens (tertiary/aromatic N) is 4. The molecule has 1 heterocycles. The van der Waals surface area contributed by atoms with Crippen molar-refractivity contribution in [2.75, 3.05) is 13.7 Å². The van der Waals surface area contributed by atoms with Crippen LogP contribution < -0.4 is 9.47 Å². The second kappa shape index (κ2) is 10.0. The lowest BCUT2D eigenvalue weighted by molar-refractivity contribution is 0.340. The Balaban J connectivity index is 1.74. The Kier molecular flexibility index (Phi) is 6.73. The highest BCUT2D eigenvalue weighted by atomic mass is 32.2. The van der Waals surface area contributed by atoms with Crippen LogP contribution in [0.4, 0.5) is 0 Å². The highest BCUT2D eigenvalue weighted by molar-refractivity contribution is 7.98. The van der Waals surface area contributed by atoms with E-state index in [1.807, 2.05) is 84.3 Å². The van der Waals surface area contributed by atoms with Gasteiger partial charge in [0.2, 0.25) is 0 Å². The maximum absolute atomic E-state index is 9.40. The summed E-state index contributed by atoms with van der Waals surface area (Å²) in [6.45, 7) is 2.57. The van der Waals surface area contributed by atoms with Crippen LogP contribution in [0.1, 0.15) is 18.1 Å². The van der Waals surface area contributed by atoms with Crippen LogP contribution in [0.5, 0.6) is 11.5 Å². The van der Waals surface area contributed by atoms with Crippen LogP contribution in [0.15, 0.2) is 78.0 Å². The normalized spacial score (nSPS) is 10.5. The lowest BCUT2D eigenvalue weighted by Gasteiger charge is -2.12. The first kappa shape index (κ1) is 21.5. The Morgan fingerprint density at radius 1 is 0.969 bits per heavy atom. The summed E-state index contributed by atoms with van der Waals surface area (Å²) in [5, 5.41) is 19.1. The molecule has 6 nitrogen and oxygen atoms in total. The van der Waals surface area contributed by atoms with Crippen molar-refractivity contribution >= 4 is 11.8 Å². The number of benzene rings is 3. The quantitative estimate of drug-likeness (QED) is 0.335. The summed E-state index contributed by atoms with van der Waals surface area (Å²) in [7, 11) is 1.64. The van der Waals surface area contributed by atoms with Crippen molar-refractivity contribution in [2.24, 2.45) is 0 Å². The van der Waals surface area contributed by atoms with E-state index in [2.05, 4.69) is 16.3 Å². The molecule has 0 radical (unpaired) electrons. The predicted molar refractivity (Wildman–Crippen MR) is 125 cm³/mol. The molecule has 0 amide bonds. The Morgan fingerprint density at radius 3 is 2.53 bits per heavy atom. The van der Waals surface area contributed by atoms with E-state index in [0.29, 0.717) is 23.7 Å². The van der Waals surface area contributed by atoms with Gasteiger partial charge in [-0.15, -0.1) is 10.2 Å². The standard InChI is InChI=1S/C25H22N4O2S/c1-3-31-22-13-11-21(12-14-22)29-24(18-9-6-10-23(15-18)30-2)27-28-25(29)32-17-20-8-5-4-7-19(20)16-26/h4-15H,3,17H2,1-2H3. The molecule has 7 heteroatoms. The van der Waals surface area contributed by atoms with Crippen LogP contribution >= 0.6 is 11.8 Å². The van der Waals surface area contributed by atoms with Crippen LogP contribution in [-0.4, -0.2) is 28.5 Å². The van der Waals surface area contributed by atoms with Crippen LogP contribution in [0.3, 0.4) is 0 Å². The van der Waals surface area contributed by atoms with Gasteiger partial charge in [0.15, 0.2) is 11.0 Å². The highest BCUT2D eigenvalue weighted by Crippen LogP contribution is 2.32. The second-order valence-corrected chi connectivity index (χ2v) is 7.80. The molecule has 4 rings (SSSR count). The van der Waals surface area contributed by atoms with Crippen molar-refractivity contribution in [2.45, 2.75) is 17.8 Å².